The Bertz CT molecular complexity index is 978. The fourth-order valence-electron chi connectivity index (χ4n) is 3.62. The average Bonchev–Trinajstić information content (AvgIpc) is 3.22. The van der Waals surface area contributed by atoms with Crippen LogP contribution in [0.2, 0.25) is 0 Å². The number of aryl methyl sites for hydroxylation is 2. The third-order valence-electron chi connectivity index (χ3n) is 4.67. The largest absolute Gasteiger partial charge is 0.411 e. The van der Waals surface area contributed by atoms with Crippen LogP contribution in [0, 0.1) is 13.8 Å². The Labute approximate surface area is 162 Å². The van der Waals surface area contributed by atoms with Crippen molar-refractivity contribution in [2.24, 2.45) is 0 Å². The first-order valence-corrected chi connectivity index (χ1v) is 9.95. The second-order valence-corrected chi connectivity index (χ2v) is 7.91. The van der Waals surface area contributed by atoms with Crippen LogP contribution >= 0.6 is 11.8 Å². The van der Waals surface area contributed by atoms with Gasteiger partial charge in [0.1, 0.15) is 0 Å². The van der Waals surface area contributed by atoms with E-state index in [2.05, 4.69) is 29.3 Å². The maximum Gasteiger partial charge on any atom is 0.277 e. The fourth-order valence-corrected chi connectivity index (χ4v) is 4.24. The van der Waals surface area contributed by atoms with Crippen molar-refractivity contribution in [3.8, 4) is 11.5 Å². The molecule has 4 rings (SSSR count). The molecule has 0 radical (unpaired) electrons. The Kier molecular flexibility index (Phi) is 4.74. The predicted octanol–water partition coefficient (Wildman–Crippen LogP) is 4.42. The van der Waals surface area contributed by atoms with Gasteiger partial charge in [-0.05, 0) is 51.0 Å². The maximum absolute atomic E-state index is 12.8. The van der Waals surface area contributed by atoms with Gasteiger partial charge in [-0.3, -0.25) is 4.79 Å². The number of aromatic nitrogens is 2. The smallest absolute Gasteiger partial charge is 0.277 e. The first-order chi connectivity index (χ1) is 13.0. The number of para-hydroxylation sites is 1. The molecule has 1 atom stereocenters. The van der Waals surface area contributed by atoms with Crippen LogP contribution in [0.15, 0.2) is 52.1 Å². The molecule has 1 aliphatic heterocycles. The average molecular weight is 379 g/mol. The van der Waals surface area contributed by atoms with Crippen molar-refractivity contribution in [1.82, 2.24) is 10.2 Å². The van der Waals surface area contributed by atoms with Gasteiger partial charge in [-0.1, -0.05) is 47.2 Å². The highest BCUT2D eigenvalue weighted by Gasteiger charge is 2.30. The second kappa shape index (κ2) is 7.19. The highest BCUT2D eigenvalue weighted by molar-refractivity contribution is 7.99. The summed E-state index contributed by atoms with van der Waals surface area (Å²) in [7, 11) is 0. The highest BCUT2D eigenvalue weighted by atomic mass is 32.2. The second-order valence-electron chi connectivity index (χ2n) is 6.98. The molecule has 1 amide bonds. The molecule has 1 aromatic heterocycles. The summed E-state index contributed by atoms with van der Waals surface area (Å²) in [6, 6.07) is 14.4. The molecule has 2 aromatic carbocycles. The van der Waals surface area contributed by atoms with Gasteiger partial charge in [0.05, 0.1) is 5.75 Å². The monoisotopic (exact) mass is 379 g/mol. The van der Waals surface area contributed by atoms with Crippen molar-refractivity contribution in [3.05, 3.63) is 59.2 Å². The van der Waals surface area contributed by atoms with E-state index in [1.807, 2.05) is 49.1 Å². The molecule has 5 nitrogen and oxygen atoms in total. The molecule has 1 aliphatic rings. The molecular weight excluding hydrogens is 358 g/mol. The molecule has 138 valence electrons. The van der Waals surface area contributed by atoms with Crippen LogP contribution in [0.5, 0.6) is 0 Å². The SMILES string of the molecule is Cc1cc(C)cc(-c2nnc(SCC(=O)N3c4ccccc4C[C@@H]3C)o2)c1. The topological polar surface area (TPSA) is 59.2 Å². The lowest BCUT2D eigenvalue weighted by molar-refractivity contribution is -0.116. The standard InChI is InChI=1S/C21H21N3O2S/c1-13-8-14(2)10-17(9-13)20-22-23-21(26-20)27-12-19(25)24-15(3)11-16-6-4-5-7-18(16)24/h4-10,15H,11-12H2,1-3H3/t15-/m0/s1. The van der Waals surface area contributed by atoms with Crippen molar-refractivity contribution in [2.75, 3.05) is 10.7 Å². The van der Waals surface area contributed by atoms with E-state index in [4.69, 9.17) is 4.42 Å². The van der Waals surface area contributed by atoms with Crippen molar-refractivity contribution < 1.29 is 9.21 Å². The number of amides is 1. The number of hydrogen-bond donors (Lipinski definition) is 0. The van der Waals surface area contributed by atoms with Gasteiger partial charge in [0.25, 0.3) is 5.22 Å². The zero-order valence-corrected chi connectivity index (χ0v) is 16.4. The zero-order valence-electron chi connectivity index (χ0n) is 15.6. The Morgan fingerprint density at radius 3 is 2.70 bits per heavy atom. The van der Waals surface area contributed by atoms with Crippen LogP contribution in [-0.2, 0) is 11.2 Å². The number of rotatable bonds is 4. The molecule has 0 N–H and O–H groups in total. The van der Waals surface area contributed by atoms with Crippen molar-refractivity contribution in [2.45, 2.75) is 38.5 Å². The molecule has 0 bridgehead atoms. The lowest BCUT2D eigenvalue weighted by Gasteiger charge is -2.22. The quantitative estimate of drug-likeness (QED) is 0.628. The molecule has 0 unspecified atom stereocenters. The van der Waals surface area contributed by atoms with Gasteiger partial charge in [0.2, 0.25) is 11.8 Å². The summed E-state index contributed by atoms with van der Waals surface area (Å²) < 4.78 is 5.76. The molecule has 3 aromatic rings. The van der Waals surface area contributed by atoms with E-state index in [9.17, 15) is 4.79 Å². The van der Waals surface area contributed by atoms with Gasteiger partial charge in [0.15, 0.2) is 0 Å². The normalized spacial score (nSPS) is 15.8. The number of hydrogen-bond acceptors (Lipinski definition) is 5. The summed E-state index contributed by atoms with van der Waals surface area (Å²) in [5.74, 6) is 0.813. The van der Waals surface area contributed by atoms with E-state index in [1.165, 1.54) is 17.3 Å². The molecule has 0 spiro atoms. The van der Waals surface area contributed by atoms with Crippen molar-refractivity contribution >= 4 is 23.4 Å². The Morgan fingerprint density at radius 1 is 1.19 bits per heavy atom. The van der Waals surface area contributed by atoms with Gasteiger partial charge in [-0.25, -0.2) is 0 Å². The minimum Gasteiger partial charge on any atom is -0.411 e. The minimum atomic E-state index is 0.0589. The minimum absolute atomic E-state index is 0.0589. The van der Waals surface area contributed by atoms with Crippen LogP contribution in [0.25, 0.3) is 11.5 Å². The summed E-state index contributed by atoms with van der Waals surface area (Å²) in [5, 5.41) is 8.64. The number of nitrogens with zero attached hydrogens (tertiary/aromatic N) is 3. The number of thioether (sulfide) groups is 1. The number of carbonyl (C=O) groups excluding carboxylic acids is 1. The van der Waals surface area contributed by atoms with Crippen molar-refractivity contribution in [1.29, 1.82) is 0 Å². The third kappa shape index (κ3) is 3.62. The lowest BCUT2D eigenvalue weighted by atomic mass is 10.1. The van der Waals surface area contributed by atoms with E-state index >= 15 is 0 Å². The third-order valence-corrected chi connectivity index (χ3v) is 5.47. The first kappa shape index (κ1) is 17.8. The van der Waals surface area contributed by atoms with Crippen LogP contribution in [0.4, 0.5) is 5.69 Å². The molecule has 0 saturated carbocycles. The molecule has 0 fully saturated rings. The lowest BCUT2D eigenvalue weighted by Crippen LogP contribution is -2.36. The predicted molar refractivity (Wildman–Crippen MR) is 107 cm³/mol. The van der Waals surface area contributed by atoms with Crippen LogP contribution in [-0.4, -0.2) is 27.9 Å². The summed E-state index contributed by atoms with van der Waals surface area (Å²) in [6.45, 7) is 6.15. The van der Waals surface area contributed by atoms with Gasteiger partial charge in [-0.15, -0.1) is 10.2 Å². The van der Waals surface area contributed by atoms with Crippen LogP contribution < -0.4 is 4.90 Å². The maximum atomic E-state index is 12.8. The summed E-state index contributed by atoms with van der Waals surface area (Å²) in [4.78, 5) is 14.7. The summed E-state index contributed by atoms with van der Waals surface area (Å²) in [5.41, 5.74) is 5.43. The molecule has 27 heavy (non-hydrogen) atoms. The Morgan fingerprint density at radius 2 is 1.93 bits per heavy atom. The van der Waals surface area contributed by atoms with E-state index in [-0.39, 0.29) is 17.7 Å². The summed E-state index contributed by atoms with van der Waals surface area (Å²) in [6.07, 6.45) is 0.893. The van der Waals surface area contributed by atoms with Gasteiger partial charge in [0, 0.05) is 17.3 Å². The number of anilines is 1. The molecule has 2 heterocycles. The molecule has 0 aliphatic carbocycles. The zero-order chi connectivity index (χ0) is 19.0. The number of fused-ring (bicyclic) bond motifs is 1. The Hall–Kier alpha value is -2.60. The van der Waals surface area contributed by atoms with Crippen LogP contribution in [0.1, 0.15) is 23.6 Å². The van der Waals surface area contributed by atoms with Crippen molar-refractivity contribution in [3.63, 3.8) is 0 Å². The van der Waals surface area contributed by atoms with Gasteiger partial charge < -0.3 is 9.32 Å². The molecule has 0 saturated heterocycles. The van der Waals surface area contributed by atoms with E-state index in [0.717, 1.165) is 28.8 Å². The first-order valence-electron chi connectivity index (χ1n) is 8.96. The van der Waals surface area contributed by atoms with Gasteiger partial charge >= 0.3 is 0 Å². The van der Waals surface area contributed by atoms with E-state index < -0.39 is 0 Å². The molecular formula is C21H21N3O2S. The Balaban J connectivity index is 1.45. The number of carbonyl (C=O) groups is 1. The van der Waals surface area contributed by atoms with Crippen LogP contribution in [0.3, 0.4) is 0 Å². The van der Waals surface area contributed by atoms with E-state index in [0.29, 0.717) is 11.1 Å². The van der Waals surface area contributed by atoms with E-state index in [1.54, 1.807) is 0 Å². The fraction of sp³-hybridized carbons (Fsp3) is 0.286. The van der Waals surface area contributed by atoms with Gasteiger partial charge in [-0.2, -0.15) is 0 Å². The highest BCUT2D eigenvalue weighted by Crippen LogP contribution is 2.33. The number of benzene rings is 2. The summed E-state index contributed by atoms with van der Waals surface area (Å²) >= 11 is 1.28. The molecule has 6 heteroatoms.